The van der Waals surface area contributed by atoms with Crippen LogP contribution in [0.25, 0.3) is 0 Å². The van der Waals surface area contributed by atoms with Crippen molar-refractivity contribution in [3.63, 3.8) is 0 Å². The second-order valence-corrected chi connectivity index (χ2v) is 6.46. The van der Waals surface area contributed by atoms with E-state index in [1.807, 2.05) is 30.3 Å². The van der Waals surface area contributed by atoms with Gasteiger partial charge in [0.15, 0.2) is 0 Å². The number of rotatable bonds is 7. The lowest BCUT2D eigenvalue weighted by atomic mass is 10.1. The van der Waals surface area contributed by atoms with Gasteiger partial charge in [-0.2, -0.15) is 0 Å². The SMILES string of the molecule is COC(=O)c1ccc(OCc2ccccc2)c(NC(=O)CC2COCCN2)c1. The van der Waals surface area contributed by atoms with Gasteiger partial charge in [0, 0.05) is 19.0 Å². The first kappa shape index (κ1) is 19.9. The van der Waals surface area contributed by atoms with Gasteiger partial charge in [-0.3, -0.25) is 4.79 Å². The molecule has 0 bridgehead atoms. The van der Waals surface area contributed by atoms with E-state index in [2.05, 4.69) is 10.6 Å². The number of benzene rings is 2. The molecule has 7 heteroatoms. The molecule has 1 atom stereocenters. The van der Waals surface area contributed by atoms with Crippen molar-refractivity contribution < 1.29 is 23.8 Å². The highest BCUT2D eigenvalue weighted by Crippen LogP contribution is 2.27. The number of esters is 1. The molecular formula is C21H24N2O5. The van der Waals surface area contributed by atoms with Gasteiger partial charge >= 0.3 is 5.97 Å². The molecule has 1 aliphatic heterocycles. The van der Waals surface area contributed by atoms with Gasteiger partial charge in [-0.15, -0.1) is 0 Å². The highest BCUT2D eigenvalue weighted by atomic mass is 16.5. The monoisotopic (exact) mass is 384 g/mol. The smallest absolute Gasteiger partial charge is 0.337 e. The summed E-state index contributed by atoms with van der Waals surface area (Å²) >= 11 is 0. The van der Waals surface area contributed by atoms with Crippen LogP contribution in [0.1, 0.15) is 22.3 Å². The van der Waals surface area contributed by atoms with Crippen LogP contribution in [0.5, 0.6) is 5.75 Å². The van der Waals surface area contributed by atoms with E-state index in [1.165, 1.54) is 7.11 Å². The van der Waals surface area contributed by atoms with Crippen LogP contribution in [-0.2, 0) is 20.9 Å². The standard InChI is InChI=1S/C21H24N2O5/c1-26-21(25)16-7-8-19(28-13-15-5-3-2-4-6-15)18(11-16)23-20(24)12-17-14-27-10-9-22-17/h2-8,11,17,22H,9-10,12-14H2,1H3,(H,23,24). The van der Waals surface area contributed by atoms with E-state index in [1.54, 1.807) is 18.2 Å². The van der Waals surface area contributed by atoms with Gasteiger partial charge in [-0.25, -0.2) is 4.79 Å². The molecule has 0 aliphatic carbocycles. The minimum Gasteiger partial charge on any atom is -0.487 e. The molecule has 0 radical (unpaired) electrons. The molecule has 0 spiro atoms. The van der Waals surface area contributed by atoms with Crippen molar-refractivity contribution in [3.05, 3.63) is 59.7 Å². The minimum absolute atomic E-state index is 0.0359. The van der Waals surface area contributed by atoms with Crippen molar-refractivity contribution >= 4 is 17.6 Å². The number of carbonyl (C=O) groups is 2. The topological polar surface area (TPSA) is 85.9 Å². The van der Waals surface area contributed by atoms with Gasteiger partial charge in [0.2, 0.25) is 5.91 Å². The molecule has 1 heterocycles. The summed E-state index contributed by atoms with van der Waals surface area (Å²) in [6.45, 7) is 2.21. The normalized spacial score (nSPS) is 16.2. The Kier molecular flexibility index (Phi) is 7.00. The van der Waals surface area contributed by atoms with E-state index in [0.717, 1.165) is 12.1 Å². The maximum absolute atomic E-state index is 12.5. The van der Waals surface area contributed by atoms with Gasteiger partial charge < -0.3 is 24.8 Å². The molecule has 3 rings (SSSR count). The molecule has 7 nitrogen and oxygen atoms in total. The number of morpholine rings is 1. The van der Waals surface area contributed by atoms with Gasteiger partial charge in [0.05, 0.1) is 31.6 Å². The van der Waals surface area contributed by atoms with Crippen LogP contribution in [-0.4, -0.2) is 44.8 Å². The third-order valence-electron chi connectivity index (χ3n) is 4.34. The molecule has 2 aromatic carbocycles. The number of carbonyl (C=O) groups excluding carboxylic acids is 2. The van der Waals surface area contributed by atoms with E-state index in [-0.39, 0.29) is 18.4 Å². The molecule has 0 aromatic heterocycles. The van der Waals surface area contributed by atoms with Gasteiger partial charge in [0.1, 0.15) is 12.4 Å². The molecule has 1 unspecified atom stereocenters. The molecular weight excluding hydrogens is 360 g/mol. The third-order valence-corrected chi connectivity index (χ3v) is 4.34. The molecule has 28 heavy (non-hydrogen) atoms. The van der Waals surface area contributed by atoms with E-state index in [0.29, 0.717) is 36.8 Å². The number of ether oxygens (including phenoxy) is 3. The minimum atomic E-state index is -0.479. The number of nitrogens with one attached hydrogen (secondary N) is 2. The summed E-state index contributed by atoms with van der Waals surface area (Å²) in [4.78, 5) is 24.3. The Bertz CT molecular complexity index is 804. The quantitative estimate of drug-likeness (QED) is 0.713. The van der Waals surface area contributed by atoms with Crippen molar-refractivity contribution in [2.75, 3.05) is 32.2 Å². The lowest BCUT2D eigenvalue weighted by Gasteiger charge is -2.23. The fourth-order valence-corrected chi connectivity index (χ4v) is 2.91. The summed E-state index contributed by atoms with van der Waals surface area (Å²) in [7, 11) is 1.31. The summed E-state index contributed by atoms with van der Waals surface area (Å²) in [6.07, 6.45) is 0.264. The molecule has 2 N–H and O–H groups in total. The Labute approximate surface area is 164 Å². The lowest BCUT2D eigenvalue weighted by molar-refractivity contribution is -0.117. The second-order valence-electron chi connectivity index (χ2n) is 6.46. The second kappa shape index (κ2) is 9.87. The summed E-state index contributed by atoms with van der Waals surface area (Å²) in [5.74, 6) is -0.181. The summed E-state index contributed by atoms with van der Waals surface area (Å²) in [5.41, 5.74) is 1.77. The molecule has 1 saturated heterocycles. The van der Waals surface area contributed by atoms with E-state index >= 15 is 0 Å². The average molecular weight is 384 g/mol. The van der Waals surface area contributed by atoms with Crippen molar-refractivity contribution in [3.8, 4) is 5.75 Å². The predicted octanol–water partition coefficient (Wildman–Crippen LogP) is 2.37. The zero-order valence-electron chi connectivity index (χ0n) is 15.8. The number of methoxy groups -OCH3 is 1. The highest BCUT2D eigenvalue weighted by Gasteiger charge is 2.19. The van der Waals surface area contributed by atoms with Crippen LogP contribution < -0.4 is 15.4 Å². The van der Waals surface area contributed by atoms with Crippen molar-refractivity contribution in [2.45, 2.75) is 19.1 Å². The summed E-state index contributed by atoms with van der Waals surface area (Å²) in [6, 6.07) is 14.5. The Morgan fingerprint density at radius 2 is 2.04 bits per heavy atom. The first-order chi connectivity index (χ1) is 13.7. The predicted molar refractivity (Wildman–Crippen MR) is 104 cm³/mol. The molecule has 2 aromatic rings. The van der Waals surface area contributed by atoms with Crippen molar-refractivity contribution in [1.29, 1.82) is 0 Å². The first-order valence-corrected chi connectivity index (χ1v) is 9.16. The molecule has 1 amide bonds. The zero-order valence-corrected chi connectivity index (χ0v) is 15.8. The Morgan fingerprint density at radius 1 is 1.21 bits per heavy atom. The third kappa shape index (κ3) is 5.55. The van der Waals surface area contributed by atoms with Crippen LogP contribution in [0.4, 0.5) is 5.69 Å². The van der Waals surface area contributed by atoms with Crippen LogP contribution in [0.2, 0.25) is 0 Å². The average Bonchev–Trinajstić information content (AvgIpc) is 2.73. The number of amides is 1. The Balaban J connectivity index is 1.72. The maximum atomic E-state index is 12.5. The fourth-order valence-electron chi connectivity index (χ4n) is 2.91. The van der Waals surface area contributed by atoms with Crippen LogP contribution in [0.15, 0.2) is 48.5 Å². The van der Waals surface area contributed by atoms with Gasteiger partial charge in [-0.05, 0) is 23.8 Å². The van der Waals surface area contributed by atoms with Gasteiger partial charge in [0.25, 0.3) is 0 Å². The molecule has 1 aliphatic rings. The van der Waals surface area contributed by atoms with E-state index < -0.39 is 5.97 Å². The zero-order chi connectivity index (χ0) is 19.8. The number of hydrogen-bond acceptors (Lipinski definition) is 6. The van der Waals surface area contributed by atoms with Crippen LogP contribution in [0.3, 0.4) is 0 Å². The van der Waals surface area contributed by atoms with E-state index in [9.17, 15) is 9.59 Å². The Hall–Kier alpha value is -2.90. The maximum Gasteiger partial charge on any atom is 0.337 e. The first-order valence-electron chi connectivity index (χ1n) is 9.16. The Morgan fingerprint density at radius 3 is 2.75 bits per heavy atom. The van der Waals surface area contributed by atoms with Gasteiger partial charge in [-0.1, -0.05) is 30.3 Å². The van der Waals surface area contributed by atoms with E-state index in [4.69, 9.17) is 14.2 Å². The van der Waals surface area contributed by atoms with Crippen molar-refractivity contribution in [2.24, 2.45) is 0 Å². The van der Waals surface area contributed by atoms with Crippen LogP contribution in [0, 0.1) is 0 Å². The highest BCUT2D eigenvalue weighted by molar-refractivity contribution is 5.96. The number of anilines is 1. The summed E-state index contributed by atoms with van der Waals surface area (Å²) < 4.78 is 16.0. The number of hydrogen-bond donors (Lipinski definition) is 2. The van der Waals surface area contributed by atoms with Crippen molar-refractivity contribution in [1.82, 2.24) is 5.32 Å². The summed E-state index contributed by atoms with van der Waals surface area (Å²) in [5, 5.41) is 6.09. The van der Waals surface area contributed by atoms with Crippen LogP contribution >= 0.6 is 0 Å². The largest absolute Gasteiger partial charge is 0.487 e. The molecule has 0 saturated carbocycles. The molecule has 1 fully saturated rings. The molecule has 148 valence electrons. The lowest BCUT2D eigenvalue weighted by Crippen LogP contribution is -2.43. The fraction of sp³-hybridized carbons (Fsp3) is 0.333.